The summed E-state index contributed by atoms with van der Waals surface area (Å²) >= 11 is 1.49. The van der Waals surface area contributed by atoms with Gasteiger partial charge in [0.15, 0.2) is 5.13 Å². The number of nitrogens with zero attached hydrogens (tertiary/aromatic N) is 4. The molecule has 4 aromatic rings. The number of fused-ring (bicyclic) bond motifs is 1. The Bertz CT molecular complexity index is 1270. The molecular formula is C25H22N4O2S. The van der Waals surface area contributed by atoms with Gasteiger partial charge in [-0.3, -0.25) is 19.5 Å². The van der Waals surface area contributed by atoms with Crippen molar-refractivity contribution in [3.8, 4) is 0 Å². The molecule has 1 fully saturated rings. The Hall–Kier alpha value is -3.58. The Morgan fingerprint density at radius 2 is 1.91 bits per heavy atom. The summed E-state index contributed by atoms with van der Waals surface area (Å²) in [4.78, 5) is 39.0. The van der Waals surface area contributed by atoms with E-state index >= 15 is 0 Å². The number of benzene rings is 2. The normalized spacial score (nSPS) is 16.0. The van der Waals surface area contributed by atoms with Crippen LogP contribution in [0.5, 0.6) is 0 Å². The largest absolute Gasteiger partial charge is 0.312 e. The summed E-state index contributed by atoms with van der Waals surface area (Å²) in [6, 6.07) is 21.2. The van der Waals surface area contributed by atoms with E-state index < -0.39 is 5.92 Å². The lowest BCUT2D eigenvalue weighted by molar-refractivity contribution is -0.124. The number of carbonyl (C=O) groups excluding carboxylic acids is 2. The molecule has 1 atom stereocenters. The summed E-state index contributed by atoms with van der Waals surface area (Å²) in [5, 5.41) is 0.635. The van der Waals surface area contributed by atoms with Crippen LogP contribution in [0.3, 0.4) is 0 Å². The molecule has 5 rings (SSSR count). The van der Waals surface area contributed by atoms with Gasteiger partial charge < -0.3 is 4.90 Å². The number of aryl methyl sites for hydroxylation is 1. The van der Waals surface area contributed by atoms with Gasteiger partial charge in [-0.2, -0.15) is 0 Å². The monoisotopic (exact) mass is 442 g/mol. The van der Waals surface area contributed by atoms with Crippen LogP contribution in [0.2, 0.25) is 0 Å². The topological polar surface area (TPSA) is 66.4 Å². The minimum atomic E-state index is -0.431. The van der Waals surface area contributed by atoms with Crippen molar-refractivity contribution in [1.82, 2.24) is 9.97 Å². The van der Waals surface area contributed by atoms with E-state index in [4.69, 9.17) is 4.98 Å². The molecule has 0 spiro atoms. The Kier molecular flexibility index (Phi) is 5.41. The highest BCUT2D eigenvalue weighted by Gasteiger charge is 2.38. The van der Waals surface area contributed by atoms with E-state index in [2.05, 4.69) is 4.98 Å². The van der Waals surface area contributed by atoms with E-state index in [9.17, 15) is 9.59 Å². The average Bonchev–Trinajstić information content (AvgIpc) is 3.43. The number of amides is 2. The highest BCUT2D eigenvalue weighted by atomic mass is 32.1. The van der Waals surface area contributed by atoms with Gasteiger partial charge in [-0.1, -0.05) is 47.7 Å². The summed E-state index contributed by atoms with van der Waals surface area (Å²) in [5.41, 5.74) is 3.57. The molecule has 1 aliphatic heterocycles. The minimum absolute atomic E-state index is 0.0347. The lowest BCUT2D eigenvalue weighted by Gasteiger charge is -2.23. The van der Waals surface area contributed by atoms with Crippen LogP contribution in [0.4, 0.5) is 10.8 Å². The van der Waals surface area contributed by atoms with Crippen LogP contribution in [-0.4, -0.2) is 28.3 Å². The molecule has 0 bridgehead atoms. The van der Waals surface area contributed by atoms with Crippen LogP contribution < -0.4 is 9.80 Å². The first-order valence-corrected chi connectivity index (χ1v) is 11.3. The minimum Gasteiger partial charge on any atom is -0.312 e. The Balaban J connectivity index is 1.48. The number of anilines is 2. The summed E-state index contributed by atoms with van der Waals surface area (Å²) in [6.45, 7) is 2.70. The predicted molar refractivity (Wildman–Crippen MR) is 127 cm³/mol. The number of para-hydroxylation sites is 2. The Morgan fingerprint density at radius 1 is 1.09 bits per heavy atom. The molecule has 3 heterocycles. The molecule has 6 nitrogen and oxygen atoms in total. The van der Waals surface area contributed by atoms with Gasteiger partial charge in [0.2, 0.25) is 11.8 Å². The zero-order chi connectivity index (χ0) is 22.1. The van der Waals surface area contributed by atoms with Crippen LogP contribution >= 0.6 is 11.3 Å². The maximum absolute atomic E-state index is 13.7. The van der Waals surface area contributed by atoms with Gasteiger partial charge in [-0.15, -0.1) is 0 Å². The predicted octanol–water partition coefficient (Wildman–Crippen LogP) is 4.59. The maximum Gasteiger partial charge on any atom is 0.234 e. The van der Waals surface area contributed by atoms with Crippen molar-refractivity contribution in [3.63, 3.8) is 0 Å². The van der Waals surface area contributed by atoms with Crippen LogP contribution in [-0.2, 0) is 16.1 Å². The number of hydrogen-bond acceptors (Lipinski definition) is 5. The van der Waals surface area contributed by atoms with Gasteiger partial charge in [-0.05, 0) is 42.8 Å². The smallest absolute Gasteiger partial charge is 0.234 e. The lowest BCUT2D eigenvalue weighted by Crippen LogP contribution is -2.37. The zero-order valence-electron chi connectivity index (χ0n) is 17.6. The summed E-state index contributed by atoms with van der Waals surface area (Å²) in [7, 11) is 0. The molecule has 0 radical (unpaired) electrons. The number of rotatable bonds is 5. The van der Waals surface area contributed by atoms with E-state index in [1.807, 2.05) is 73.7 Å². The highest BCUT2D eigenvalue weighted by Crippen LogP contribution is 2.34. The maximum atomic E-state index is 13.7. The molecule has 2 aromatic carbocycles. The van der Waals surface area contributed by atoms with Gasteiger partial charge in [-0.25, -0.2) is 4.98 Å². The third kappa shape index (κ3) is 3.87. The van der Waals surface area contributed by atoms with E-state index in [0.29, 0.717) is 18.2 Å². The van der Waals surface area contributed by atoms with Crippen molar-refractivity contribution in [3.05, 3.63) is 84.2 Å². The third-order valence-electron chi connectivity index (χ3n) is 5.69. The third-order valence-corrected chi connectivity index (χ3v) is 6.74. The molecule has 7 heteroatoms. The summed E-state index contributed by atoms with van der Waals surface area (Å²) in [5.74, 6) is -0.564. The van der Waals surface area contributed by atoms with Crippen molar-refractivity contribution in [1.29, 1.82) is 0 Å². The van der Waals surface area contributed by atoms with Crippen molar-refractivity contribution in [2.24, 2.45) is 5.92 Å². The van der Waals surface area contributed by atoms with Gasteiger partial charge >= 0.3 is 0 Å². The SMILES string of the molecule is Cc1cccc2sc(N(Cc3ccccn3)C(=O)[C@@H]3CC(=O)N(c4ccccc4)C3)nc12. The highest BCUT2D eigenvalue weighted by molar-refractivity contribution is 7.22. The fraction of sp³-hybridized carbons (Fsp3) is 0.200. The van der Waals surface area contributed by atoms with Crippen LogP contribution in [0.15, 0.2) is 72.9 Å². The van der Waals surface area contributed by atoms with Crippen molar-refractivity contribution in [2.75, 3.05) is 16.3 Å². The van der Waals surface area contributed by atoms with Gasteiger partial charge in [0.05, 0.1) is 28.4 Å². The van der Waals surface area contributed by atoms with Crippen LogP contribution in [0.1, 0.15) is 17.7 Å². The molecule has 32 heavy (non-hydrogen) atoms. The molecule has 160 valence electrons. The van der Waals surface area contributed by atoms with E-state index in [0.717, 1.165) is 27.2 Å². The van der Waals surface area contributed by atoms with Crippen molar-refractivity contribution < 1.29 is 9.59 Å². The first-order valence-electron chi connectivity index (χ1n) is 10.5. The lowest BCUT2D eigenvalue weighted by atomic mass is 10.1. The fourth-order valence-corrected chi connectivity index (χ4v) is 5.08. The Labute approximate surface area is 190 Å². The number of carbonyl (C=O) groups is 2. The van der Waals surface area contributed by atoms with Gasteiger partial charge in [0.1, 0.15) is 0 Å². The van der Waals surface area contributed by atoms with Crippen LogP contribution in [0.25, 0.3) is 10.2 Å². The second-order valence-corrected chi connectivity index (χ2v) is 8.91. The number of thiazole rings is 1. The second kappa shape index (κ2) is 8.51. The van der Waals surface area contributed by atoms with Gasteiger partial charge in [0.25, 0.3) is 0 Å². The molecule has 1 aliphatic rings. The number of hydrogen-bond donors (Lipinski definition) is 0. The van der Waals surface area contributed by atoms with Crippen LogP contribution in [0, 0.1) is 12.8 Å². The fourth-order valence-electron chi connectivity index (χ4n) is 4.03. The first-order chi connectivity index (χ1) is 15.6. The molecule has 2 amide bonds. The second-order valence-electron chi connectivity index (χ2n) is 7.90. The zero-order valence-corrected chi connectivity index (χ0v) is 18.5. The molecule has 2 aromatic heterocycles. The quantitative estimate of drug-likeness (QED) is 0.454. The van der Waals surface area contributed by atoms with Gasteiger partial charge in [0, 0.05) is 24.8 Å². The standard InChI is InChI=1S/C25H22N4O2S/c1-17-8-7-12-21-23(17)27-25(32-21)29(16-19-9-5-6-13-26-19)24(31)18-14-22(30)28(15-18)20-10-3-2-4-11-20/h2-13,18H,14-16H2,1H3/t18-/m1/s1. The molecule has 1 saturated heterocycles. The van der Waals surface area contributed by atoms with E-state index in [-0.39, 0.29) is 18.2 Å². The number of pyridine rings is 1. The molecule has 0 unspecified atom stereocenters. The van der Waals surface area contributed by atoms with E-state index in [1.165, 1.54) is 11.3 Å². The summed E-state index contributed by atoms with van der Waals surface area (Å²) in [6.07, 6.45) is 1.91. The first kappa shape index (κ1) is 20.3. The average molecular weight is 443 g/mol. The molecule has 0 aliphatic carbocycles. The molecule has 0 saturated carbocycles. The number of aromatic nitrogens is 2. The van der Waals surface area contributed by atoms with Crippen molar-refractivity contribution >= 4 is 44.2 Å². The Morgan fingerprint density at radius 3 is 2.66 bits per heavy atom. The van der Waals surface area contributed by atoms with Crippen molar-refractivity contribution in [2.45, 2.75) is 19.9 Å². The molecular weight excluding hydrogens is 420 g/mol. The summed E-state index contributed by atoms with van der Waals surface area (Å²) < 4.78 is 1.03. The van der Waals surface area contributed by atoms with E-state index in [1.54, 1.807) is 16.0 Å². The molecule has 0 N–H and O–H groups in total.